The van der Waals surface area contributed by atoms with Gasteiger partial charge in [-0.3, -0.25) is 29.9 Å². The molecule has 0 aromatic carbocycles. The maximum absolute atomic E-state index is 5.08. The number of aromatic nitrogens is 6. The summed E-state index contributed by atoms with van der Waals surface area (Å²) in [6.07, 6.45) is 14.2. The molecule has 0 bridgehead atoms. The fourth-order valence-electron chi connectivity index (χ4n) is 4.53. The zero-order valence-corrected chi connectivity index (χ0v) is 21.1. The van der Waals surface area contributed by atoms with Crippen LogP contribution in [0.25, 0.3) is 22.5 Å². The lowest BCUT2D eigenvalue weighted by Crippen LogP contribution is -2.13. The van der Waals surface area contributed by atoms with Gasteiger partial charge in [-0.1, -0.05) is 0 Å². The molecule has 0 radical (unpaired) electrons. The van der Waals surface area contributed by atoms with E-state index in [9.17, 15) is 0 Å². The van der Waals surface area contributed by atoms with E-state index in [0.717, 1.165) is 33.6 Å². The number of aliphatic imine (C=N–C) groups is 2. The maximum atomic E-state index is 5.08. The van der Waals surface area contributed by atoms with Gasteiger partial charge in [0.2, 0.25) is 0 Å². The summed E-state index contributed by atoms with van der Waals surface area (Å²) in [5, 5.41) is 0. The zero-order chi connectivity index (χ0) is 26.7. The minimum Gasteiger partial charge on any atom is -0.264 e. The van der Waals surface area contributed by atoms with E-state index >= 15 is 0 Å². The van der Waals surface area contributed by atoms with Crippen molar-refractivity contribution in [3.63, 3.8) is 0 Å². The molecular weight excluding hydrogens is 496 g/mol. The highest BCUT2D eigenvalue weighted by molar-refractivity contribution is 6.21. The standard InChI is InChI=1S/C32H20N8/c1-5-21(17-33-13-1)25-11-9-23(19-37-25)29-31-27(7-3-15-35-31)40-30(32-28(39-29)8-4-16-36-32)24-10-12-26(38-20-24)22-6-2-14-34-18-22/h1-20H/b31-29?,32-30?,39-28?,39-29-,40-27?,40-30-. The fourth-order valence-corrected chi connectivity index (χ4v) is 4.53. The van der Waals surface area contributed by atoms with Gasteiger partial charge in [0.05, 0.1) is 22.8 Å². The third-order valence-corrected chi connectivity index (χ3v) is 6.47. The number of rotatable bonds is 4. The number of pyridine rings is 6. The molecule has 40 heavy (non-hydrogen) atoms. The first-order chi connectivity index (χ1) is 19.8. The molecule has 0 saturated carbocycles. The summed E-state index contributed by atoms with van der Waals surface area (Å²) in [4.78, 5) is 37.3. The molecule has 7 heterocycles. The quantitative estimate of drug-likeness (QED) is 0.283. The lowest BCUT2D eigenvalue weighted by atomic mass is 10.0. The van der Waals surface area contributed by atoms with Crippen LogP contribution < -0.4 is 0 Å². The average molecular weight is 517 g/mol. The molecule has 0 fully saturated rings. The Hall–Kier alpha value is -5.76. The Morgan fingerprint density at radius 3 is 1.25 bits per heavy atom. The van der Waals surface area contributed by atoms with Gasteiger partial charge in [-0.15, -0.1) is 0 Å². The minimum atomic E-state index is 0.658. The number of hydrogen-bond donors (Lipinski definition) is 0. The summed E-state index contributed by atoms with van der Waals surface area (Å²) in [6, 6.07) is 23.3. The molecule has 188 valence electrons. The zero-order valence-electron chi connectivity index (χ0n) is 21.1. The third-order valence-electron chi connectivity index (χ3n) is 6.47. The van der Waals surface area contributed by atoms with Crippen LogP contribution in [0.4, 0.5) is 11.4 Å². The van der Waals surface area contributed by atoms with E-state index in [-0.39, 0.29) is 0 Å². The monoisotopic (exact) mass is 516 g/mol. The molecule has 0 N–H and O–H groups in total. The second-order valence-electron chi connectivity index (χ2n) is 9.01. The van der Waals surface area contributed by atoms with Crippen LogP contribution in [0.1, 0.15) is 22.5 Å². The van der Waals surface area contributed by atoms with Crippen LogP contribution in [-0.2, 0) is 0 Å². The second-order valence-corrected chi connectivity index (χ2v) is 9.01. The van der Waals surface area contributed by atoms with Gasteiger partial charge in [0.25, 0.3) is 0 Å². The second kappa shape index (κ2) is 10.2. The molecule has 0 saturated heterocycles. The van der Waals surface area contributed by atoms with E-state index in [1.165, 1.54) is 0 Å². The molecule has 1 aliphatic rings. The fraction of sp³-hybridized carbons (Fsp3) is 0. The highest BCUT2D eigenvalue weighted by atomic mass is 14.9. The van der Waals surface area contributed by atoms with Crippen molar-refractivity contribution >= 4 is 22.8 Å². The van der Waals surface area contributed by atoms with Crippen LogP contribution in [0.3, 0.4) is 0 Å². The van der Waals surface area contributed by atoms with Gasteiger partial charge in [0.1, 0.15) is 22.8 Å². The van der Waals surface area contributed by atoms with Crippen molar-refractivity contribution in [3.05, 3.63) is 145 Å². The summed E-state index contributed by atoms with van der Waals surface area (Å²) in [6.45, 7) is 0. The van der Waals surface area contributed by atoms with E-state index in [0.29, 0.717) is 34.2 Å². The molecule has 0 aliphatic carbocycles. The number of nitrogens with zero attached hydrogens (tertiary/aromatic N) is 8. The normalized spacial score (nSPS) is 14.9. The molecule has 6 aromatic heterocycles. The van der Waals surface area contributed by atoms with Crippen LogP contribution in [0.5, 0.6) is 0 Å². The summed E-state index contributed by atoms with van der Waals surface area (Å²) in [5.74, 6) is 0. The van der Waals surface area contributed by atoms with Crippen LogP contribution in [0, 0.1) is 0 Å². The molecule has 0 spiro atoms. The Kier molecular flexibility index (Phi) is 5.95. The Labute approximate surface area is 230 Å². The highest BCUT2D eigenvalue weighted by Gasteiger charge is 2.22. The van der Waals surface area contributed by atoms with Crippen LogP contribution in [-0.4, -0.2) is 41.3 Å². The van der Waals surface area contributed by atoms with E-state index in [1.54, 1.807) is 37.2 Å². The van der Waals surface area contributed by atoms with E-state index in [1.807, 2.05) is 85.2 Å². The first-order valence-corrected chi connectivity index (χ1v) is 12.7. The average Bonchev–Trinajstić information content (AvgIpc) is 3.03. The molecule has 1 aliphatic heterocycles. The van der Waals surface area contributed by atoms with Crippen LogP contribution >= 0.6 is 0 Å². The first-order valence-electron chi connectivity index (χ1n) is 12.7. The lowest BCUT2D eigenvalue weighted by molar-refractivity contribution is 1.21. The molecule has 8 nitrogen and oxygen atoms in total. The van der Waals surface area contributed by atoms with E-state index in [4.69, 9.17) is 29.9 Å². The van der Waals surface area contributed by atoms with Crippen molar-refractivity contribution < 1.29 is 0 Å². The molecule has 8 heteroatoms. The summed E-state index contributed by atoms with van der Waals surface area (Å²) < 4.78 is 0. The number of fused-ring (bicyclic) bond motifs is 2. The highest BCUT2D eigenvalue weighted by Crippen LogP contribution is 2.31. The number of hydrogen-bond acceptors (Lipinski definition) is 8. The minimum absolute atomic E-state index is 0.658. The smallest absolute Gasteiger partial charge is 0.115 e. The van der Waals surface area contributed by atoms with Crippen LogP contribution in [0.15, 0.2) is 132 Å². The Bertz CT molecular complexity index is 1720. The largest absolute Gasteiger partial charge is 0.264 e. The van der Waals surface area contributed by atoms with E-state index in [2.05, 4.69) is 9.97 Å². The summed E-state index contributed by atoms with van der Waals surface area (Å²) in [7, 11) is 0. The summed E-state index contributed by atoms with van der Waals surface area (Å²) >= 11 is 0. The van der Waals surface area contributed by atoms with Crippen molar-refractivity contribution in [1.82, 2.24) is 29.9 Å². The van der Waals surface area contributed by atoms with Gasteiger partial charge in [-0.2, -0.15) is 0 Å². The van der Waals surface area contributed by atoms with Gasteiger partial charge in [-0.25, -0.2) is 9.98 Å². The van der Waals surface area contributed by atoms with Crippen molar-refractivity contribution in [2.45, 2.75) is 0 Å². The third kappa shape index (κ3) is 4.43. The molecule has 0 unspecified atom stereocenters. The maximum Gasteiger partial charge on any atom is 0.115 e. The van der Waals surface area contributed by atoms with Crippen molar-refractivity contribution in [2.24, 2.45) is 9.98 Å². The summed E-state index contributed by atoms with van der Waals surface area (Å²) in [5.41, 5.74) is 9.20. The Morgan fingerprint density at radius 1 is 0.375 bits per heavy atom. The Morgan fingerprint density at radius 2 is 0.850 bits per heavy atom. The van der Waals surface area contributed by atoms with Crippen molar-refractivity contribution in [1.29, 1.82) is 0 Å². The van der Waals surface area contributed by atoms with Gasteiger partial charge < -0.3 is 0 Å². The molecule has 6 aromatic rings. The van der Waals surface area contributed by atoms with Crippen molar-refractivity contribution in [3.8, 4) is 22.5 Å². The van der Waals surface area contributed by atoms with E-state index < -0.39 is 0 Å². The van der Waals surface area contributed by atoms with Gasteiger partial charge in [0, 0.05) is 71.8 Å². The molecular formula is C32H20N8. The molecule has 0 atom stereocenters. The molecule has 7 rings (SSSR count). The SMILES string of the molecule is c1cncc(-c2ccc(/C3=N/c4cccnc4/C(c4ccc(-c5cccnc5)nc4)=N\c4cccnc43)cn2)c1. The topological polar surface area (TPSA) is 102 Å². The predicted molar refractivity (Wildman–Crippen MR) is 154 cm³/mol. The lowest BCUT2D eigenvalue weighted by Gasteiger charge is -2.16. The Balaban J connectivity index is 1.34. The van der Waals surface area contributed by atoms with Gasteiger partial charge >= 0.3 is 0 Å². The molecule has 0 amide bonds. The van der Waals surface area contributed by atoms with Gasteiger partial charge in [0.15, 0.2) is 0 Å². The van der Waals surface area contributed by atoms with Crippen LogP contribution in [0.2, 0.25) is 0 Å². The predicted octanol–water partition coefficient (Wildman–Crippen LogP) is 6.04. The first kappa shape index (κ1) is 23.4. The van der Waals surface area contributed by atoms with Gasteiger partial charge in [-0.05, 0) is 72.8 Å². The van der Waals surface area contributed by atoms with Crippen molar-refractivity contribution in [2.75, 3.05) is 0 Å².